The van der Waals surface area contributed by atoms with Crippen molar-refractivity contribution in [1.29, 1.82) is 0 Å². The van der Waals surface area contributed by atoms with E-state index in [-0.39, 0.29) is 0 Å². The molecule has 0 atom stereocenters. The van der Waals surface area contributed by atoms with Crippen molar-refractivity contribution < 1.29 is 4.42 Å². The number of rotatable bonds is 4. The molecule has 0 aromatic carbocycles. The molecule has 1 aliphatic heterocycles. The molecule has 1 saturated heterocycles. The zero-order chi connectivity index (χ0) is 11.4. The molecular formula is C14H23NO. The molecule has 2 nitrogen and oxygen atoms in total. The molecule has 1 aliphatic rings. The predicted molar refractivity (Wildman–Crippen MR) is 66.9 cm³/mol. The molecule has 90 valence electrons. The van der Waals surface area contributed by atoms with Gasteiger partial charge in [-0.05, 0) is 50.9 Å². The van der Waals surface area contributed by atoms with E-state index < -0.39 is 0 Å². The van der Waals surface area contributed by atoms with Crippen molar-refractivity contribution in [2.75, 3.05) is 13.1 Å². The Balaban J connectivity index is 2.05. The topological polar surface area (TPSA) is 25.2 Å². The lowest BCUT2D eigenvalue weighted by atomic mass is 9.96. The molecule has 16 heavy (non-hydrogen) atoms. The second-order valence-corrected chi connectivity index (χ2v) is 4.78. The third-order valence-corrected chi connectivity index (χ3v) is 3.78. The summed E-state index contributed by atoms with van der Waals surface area (Å²) in [4.78, 5) is 0. The van der Waals surface area contributed by atoms with E-state index in [1.54, 1.807) is 0 Å². The quantitative estimate of drug-likeness (QED) is 0.839. The molecule has 0 spiro atoms. The van der Waals surface area contributed by atoms with Crippen LogP contribution in [0.15, 0.2) is 16.5 Å². The lowest BCUT2D eigenvalue weighted by molar-refractivity contribution is 0.356. The highest BCUT2D eigenvalue weighted by atomic mass is 16.3. The predicted octanol–water partition coefficient (Wildman–Crippen LogP) is 3.65. The second-order valence-electron chi connectivity index (χ2n) is 4.78. The van der Waals surface area contributed by atoms with Gasteiger partial charge in [-0.25, -0.2) is 0 Å². The first-order valence-electron chi connectivity index (χ1n) is 6.65. The molecule has 2 heteroatoms. The van der Waals surface area contributed by atoms with Crippen molar-refractivity contribution in [2.45, 2.75) is 51.4 Å². The van der Waals surface area contributed by atoms with E-state index in [1.807, 2.05) is 0 Å². The minimum atomic E-state index is 0.607. The van der Waals surface area contributed by atoms with E-state index in [9.17, 15) is 0 Å². The zero-order valence-electron chi connectivity index (χ0n) is 10.5. The van der Waals surface area contributed by atoms with Crippen molar-refractivity contribution in [3.8, 4) is 0 Å². The van der Waals surface area contributed by atoms with Crippen LogP contribution < -0.4 is 5.32 Å². The Labute approximate surface area is 98.4 Å². The Hall–Kier alpha value is -0.760. The van der Waals surface area contributed by atoms with Crippen LogP contribution in [0.25, 0.3) is 0 Å². The van der Waals surface area contributed by atoms with Crippen molar-refractivity contribution in [1.82, 2.24) is 5.32 Å². The monoisotopic (exact) mass is 221 g/mol. The lowest BCUT2D eigenvalue weighted by Crippen LogP contribution is -2.26. The first kappa shape index (κ1) is 11.7. The molecule has 0 unspecified atom stereocenters. The SMILES string of the molecule is CCC(CC)c1ccc(C2CCNCC2)o1. The third kappa shape index (κ3) is 2.49. The van der Waals surface area contributed by atoms with Gasteiger partial charge in [-0.3, -0.25) is 0 Å². The van der Waals surface area contributed by atoms with E-state index in [2.05, 4.69) is 31.3 Å². The average molecular weight is 221 g/mol. The largest absolute Gasteiger partial charge is 0.466 e. The summed E-state index contributed by atoms with van der Waals surface area (Å²) in [6.45, 7) is 6.74. The van der Waals surface area contributed by atoms with Crippen LogP contribution in [-0.4, -0.2) is 13.1 Å². The highest BCUT2D eigenvalue weighted by Crippen LogP contribution is 2.31. The number of hydrogen-bond acceptors (Lipinski definition) is 2. The number of nitrogens with one attached hydrogen (secondary N) is 1. The van der Waals surface area contributed by atoms with Crippen LogP contribution in [0.5, 0.6) is 0 Å². The van der Waals surface area contributed by atoms with E-state index in [0.29, 0.717) is 11.8 Å². The Bertz CT molecular complexity index is 308. The molecule has 2 rings (SSSR count). The summed E-state index contributed by atoms with van der Waals surface area (Å²) in [7, 11) is 0. The summed E-state index contributed by atoms with van der Waals surface area (Å²) in [5.74, 6) is 3.65. The Kier molecular flexibility index (Phi) is 4.05. The van der Waals surface area contributed by atoms with Gasteiger partial charge >= 0.3 is 0 Å². The van der Waals surface area contributed by atoms with Gasteiger partial charge in [-0.1, -0.05) is 13.8 Å². The van der Waals surface area contributed by atoms with Crippen LogP contribution in [0, 0.1) is 0 Å². The highest BCUT2D eigenvalue weighted by Gasteiger charge is 2.20. The minimum Gasteiger partial charge on any atom is -0.466 e. The van der Waals surface area contributed by atoms with Crippen LogP contribution in [0.2, 0.25) is 0 Å². The molecule has 0 aliphatic carbocycles. The average Bonchev–Trinajstić information content (AvgIpc) is 2.81. The molecule has 1 aromatic rings. The third-order valence-electron chi connectivity index (χ3n) is 3.78. The smallest absolute Gasteiger partial charge is 0.107 e. The summed E-state index contributed by atoms with van der Waals surface area (Å²) in [6, 6.07) is 4.39. The van der Waals surface area contributed by atoms with Crippen molar-refractivity contribution in [2.24, 2.45) is 0 Å². The van der Waals surface area contributed by atoms with Crippen LogP contribution in [0.3, 0.4) is 0 Å². The van der Waals surface area contributed by atoms with Gasteiger partial charge in [0.15, 0.2) is 0 Å². The summed E-state index contributed by atoms with van der Waals surface area (Å²) in [5, 5.41) is 3.39. The highest BCUT2D eigenvalue weighted by molar-refractivity contribution is 5.15. The van der Waals surface area contributed by atoms with Crippen LogP contribution in [0.4, 0.5) is 0 Å². The zero-order valence-corrected chi connectivity index (χ0v) is 10.5. The van der Waals surface area contributed by atoms with Crippen LogP contribution in [0.1, 0.15) is 62.9 Å². The second kappa shape index (κ2) is 5.53. The molecule has 0 bridgehead atoms. The van der Waals surface area contributed by atoms with E-state index in [1.165, 1.54) is 37.2 Å². The van der Waals surface area contributed by atoms with Crippen molar-refractivity contribution in [3.63, 3.8) is 0 Å². The molecule has 0 amide bonds. The Morgan fingerprint density at radius 1 is 1.25 bits per heavy atom. The molecular weight excluding hydrogens is 198 g/mol. The first-order valence-corrected chi connectivity index (χ1v) is 6.65. The summed E-state index contributed by atoms with van der Waals surface area (Å²) < 4.78 is 6.04. The first-order chi connectivity index (χ1) is 7.85. The fourth-order valence-electron chi connectivity index (χ4n) is 2.60. The van der Waals surface area contributed by atoms with Crippen molar-refractivity contribution in [3.05, 3.63) is 23.7 Å². The minimum absolute atomic E-state index is 0.607. The lowest BCUT2D eigenvalue weighted by Gasteiger charge is -2.20. The molecule has 1 aromatic heterocycles. The van der Waals surface area contributed by atoms with Gasteiger partial charge < -0.3 is 9.73 Å². The standard InChI is InChI=1S/C14H23NO/c1-3-11(4-2)13-5-6-14(16-13)12-7-9-15-10-8-12/h5-6,11-12,15H,3-4,7-10H2,1-2H3. The summed E-state index contributed by atoms with van der Waals surface area (Å²) in [6.07, 6.45) is 4.79. The fourth-order valence-corrected chi connectivity index (χ4v) is 2.60. The van der Waals surface area contributed by atoms with Crippen molar-refractivity contribution >= 4 is 0 Å². The summed E-state index contributed by atoms with van der Waals surface area (Å²) in [5.41, 5.74) is 0. The van der Waals surface area contributed by atoms with Crippen LogP contribution in [-0.2, 0) is 0 Å². The van der Waals surface area contributed by atoms with Gasteiger partial charge in [-0.2, -0.15) is 0 Å². The number of hydrogen-bond donors (Lipinski definition) is 1. The maximum Gasteiger partial charge on any atom is 0.107 e. The number of furan rings is 1. The van der Waals surface area contributed by atoms with E-state index in [0.717, 1.165) is 13.1 Å². The van der Waals surface area contributed by atoms with Gasteiger partial charge in [-0.15, -0.1) is 0 Å². The maximum atomic E-state index is 6.04. The van der Waals surface area contributed by atoms with Gasteiger partial charge in [0.25, 0.3) is 0 Å². The molecule has 0 saturated carbocycles. The Morgan fingerprint density at radius 3 is 2.56 bits per heavy atom. The van der Waals surface area contributed by atoms with Gasteiger partial charge in [0.1, 0.15) is 11.5 Å². The van der Waals surface area contributed by atoms with Gasteiger partial charge in [0.2, 0.25) is 0 Å². The van der Waals surface area contributed by atoms with E-state index >= 15 is 0 Å². The molecule has 1 N–H and O–H groups in total. The molecule has 2 heterocycles. The normalized spacial score (nSPS) is 18.2. The van der Waals surface area contributed by atoms with Gasteiger partial charge in [0, 0.05) is 11.8 Å². The van der Waals surface area contributed by atoms with E-state index in [4.69, 9.17) is 4.42 Å². The number of piperidine rings is 1. The van der Waals surface area contributed by atoms with Gasteiger partial charge in [0.05, 0.1) is 0 Å². The maximum absolute atomic E-state index is 6.04. The molecule has 0 radical (unpaired) electrons. The summed E-state index contributed by atoms with van der Waals surface area (Å²) >= 11 is 0. The Morgan fingerprint density at radius 2 is 1.94 bits per heavy atom. The molecule has 1 fully saturated rings. The fraction of sp³-hybridized carbons (Fsp3) is 0.714. The van der Waals surface area contributed by atoms with Crippen LogP contribution >= 0.6 is 0 Å².